The number of carbonyl (C=O) groups excluding carboxylic acids is 1. The monoisotopic (exact) mass is 313 g/mol. The fourth-order valence-corrected chi connectivity index (χ4v) is 3.11. The summed E-state index contributed by atoms with van der Waals surface area (Å²) < 4.78 is 5.39. The molecule has 0 unspecified atom stereocenters. The Bertz CT molecular complexity index is 477. The normalized spacial score (nSPS) is 17.0. The predicted octanol–water partition coefficient (Wildman–Crippen LogP) is 2.13. The van der Waals surface area contributed by atoms with Gasteiger partial charge in [0.15, 0.2) is 0 Å². The van der Waals surface area contributed by atoms with E-state index in [1.165, 1.54) is 0 Å². The minimum atomic E-state index is -0.435. The molecule has 7 nitrogen and oxygen atoms in total. The number of hydrogen-bond donors (Lipinski definition) is 2. The van der Waals surface area contributed by atoms with E-state index in [1.807, 2.05) is 20.8 Å². The van der Waals surface area contributed by atoms with Crippen LogP contribution in [0.5, 0.6) is 0 Å². The molecule has 0 bridgehead atoms. The number of nitrogen functional groups attached to an aromatic ring is 1. The van der Waals surface area contributed by atoms with Crippen LogP contribution in [-0.2, 0) is 4.74 Å². The Labute approximate surface area is 129 Å². The maximum Gasteiger partial charge on any atom is 0.410 e. The molecular weight excluding hydrogens is 290 g/mol. The molecule has 8 heteroatoms. The third kappa shape index (κ3) is 5.11. The van der Waals surface area contributed by atoms with Gasteiger partial charge in [-0.3, -0.25) is 0 Å². The van der Waals surface area contributed by atoms with Crippen molar-refractivity contribution in [3.63, 3.8) is 0 Å². The zero-order valence-electron chi connectivity index (χ0n) is 12.8. The summed E-state index contributed by atoms with van der Waals surface area (Å²) in [6, 6.07) is 0. The van der Waals surface area contributed by atoms with Crippen molar-refractivity contribution in [3.8, 4) is 0 Å². The summed E-state index contributed by atoms with van der Waals surface area (Å²) in [6.07, 6.45) is 1.74. The number of nitrogens with zero attached hydrogens (tertiary/aromatic N) is 3. The Balaban J connectivity index is 1.72. The van der Waals surface area contributed by atoms with E-state index in [0.717, 1.165) is 31.7 Å². The molecule has 1 aliphatic heterocycles. The Hall–Kier alpha value is -1.44. The van der Waals surface area contributed by atoms with Crippen LogP contribution in [-0.4, -0.2) is 50.6 Å². The van der Waals surface area contributed by atoms with Gasteiger partial charge in [-0.25, -0.2) is 9.89 Å². The first-order chi connectivity index (χ1) is 9.83. The van der Waals surface area contributed by atoms with Crippen LogP contribution in [0.25, 0.3) is 0 Å². The minimum Gasteiger partial charge on any atom is -0.444 e. The molecule has 0 aromatic carbocycles. The van der Waals surface area contributed by atoms with Crippen LogP contribution in [0, 0.1) is 5.92 Å². The van der Waals surface area contributed by atoms with E-state index in [1.54, 1.807) is 16.7 Å². The Morgan fingerprint density at radius 2 is 2.14 bits per heavy atom. The van der Waals surface area contributed by atoms with Crippen LogP contribution in [0.2, 0.25) is 0 Å². The summed E-state index contributed by atoms with van der Waals surface area (Å²) in [4.78, 5) is 17.8. The lowest BCUT2D eigenvalue weighted by molar-refractivity contribution is 0.0191. The first-order valence-electron chi connectivity index (χ1n) is 7.12. The van der Waals surface area contributed by atoms with Gasteiger partial charge in [-0.05, 0) is 39.5 Å². The minimum absolute atomic E-state index is 0.213. The Morgan fingerprint density at radius 3 is 2.67 bits per heavy atom. The average Bonchev–Trinajstić information content (AvgIpc) is 2.81. The first-order valence-corrected chi connectivity index (χ1v) is 8.10. The van der Waals surface area contributed by atoms with E-state index in [0.29, 0.717) is 17.0 Å². The highest BCUT2D eigenvalue weighted by atomic mass is 32.2. The third-order valence-corrected chi connectivity index (χ3v) is 4.28. The number of likely N-dealkylation sites (tertiary alicyclic amines) is 1. The van der Waals surface area contributed by atoms with Crippen molar-refractivity contribution < 1.29 is 9.53 Å². The van der Waals surface area contributed by atoms with E-state index in [9.17, 15) is 4.79 Å². The molecule has 0 atom stereocenters. The van der Waals surface area contributed by atoms with E-state index in [-0.39, 0.29) is 6.09 Å². The van der Waals surface area contributed by atoms with Crippen molar-refractivity contribution >= 4 is 23.8 Å². The largest absolute Gasteiger partial charge is 0.444 e. The lowest BCUT2D eigenvalue weighted by atomic mass is 9.99. The molecule has 3 N–H and O–H groups in total. The van der Waals surface area contributed by atoms with Crippen LogP contribution >= 0.6 is 11.8 Å². The van der Waals surface area contributed by atoms with Crippen LogP contribution in [0.3, 0.4) is 0 Å². The van der Waals surface area contributed by atoms with Crippen molar-refractivity contribution in [2.24, 2.45) is 5.92 Å². The maximum absolute atomic E-state index is 12.0. The van der Waals surface area contributed by atoms with Gasteiger partial charge in [0.05, 0.1) is 0 Å². The zero-order chi connectivity index (χ0) is 15.5. The number of aromatic nitrogens is 3. The van der Waals surface area contributed by atoms with Crippen LogP contribution in [0.1, 0.15) is 33.6 Å². The van der Waals surface area contributed by atoms with Gasteiger partial charge in [0.25, 0.3) is 0 Å². The lowest BCUT2D eigenvalue weighted by Gasteiger charge is -2.33. The van der Waals surface area contributed by atoms with E-state index in [2.05, 4.69) is 15.2 Å². The fraction of sp³-hybridized carbons (Fsp3) is 0.769. The number of rotatable bonds is 3. The topological polar surface area (TPSA) is 97.1 Å². The summed E-state index contributed by atoms with van der Waals surface area (Å²) in [5.74, 6) is 1.85. The van der Waals surface area contributed by atoms with Crippen molar-refractivity contribution in [3.05, 3.63) is 0 Å². The second kappa shape index (κ2) is 6.55. The highest BCUT2D eigenvalue weighted by Crippen LogP contribution is 2.25. The molecule has 2 rings (SSSR count). The number of H-pyrrole nitrogens is 1. The number of carbonyl (C=O) groups is 1. The van der Waals surface area contributed by atoms with Gasteiger partial charge in [-0.15, -0.1) is 5.10 Å². The lowest BCUT2D eigenvalue weighted by Crippen LogP contribution is -2.42. The molecule has 1 amide bonds. The van der Waals surface area contributed by atoms with Crippen LogP contribution in [0.15, 0.2) is 5.16 Å². The summed E-state index contributed by atoms with van der Waals surface area (Å²) in [7, 11) is 0. The standard InChI is InChI=1S/C13H23N5O2S/c1-13(2,3)20-12(19)18-6-4-9(5-7-18)8-21-11-15-10(14)16-17-11/h9H,4-8H2,1-3H3,(H3,14,15,16,17). The van der Waals surface area contributed by atoms with E-state index < -0.39 is 5.60 Å². The summed E-state index contributed by atoms with van der Waals surface area (Å²) in [5.41, 5.74) is 5.05. The molecule has 1 fully saturated rings. The van der Waals surface area contributed by atoms with Gasteiger partial charge in [-0.2, -0.15) is 4.98 Å². The molecule has 0 radical (unpaired) electrons. The van der Waals surface area contributed by atoms with E-state index >= 15 is 0 Å². The highest BCUT2D eigenvalue weighted by Gasteiger charge is 2.26. The second-order valence-corrected chi connectivity index (χ2v) is 7.21. The molecule has 118 valence electrons. The number of hydrogen-bond acceptors (Lipinski definition) is 6. The Morgan fingerprint density at radius 1 is 1.48 bits per heavy atom. The molecule has 1 aromatic heterocycles. The third-order valence-electron chi connectivity index (χ3n) is 3.20. The summed E-state index contributed by atoms with van der Waals surface area (Å²) in [5, 5.41) is 7.31. The summed E-state index contributed by atoms with van der Waals surface area (Å²) in [6.45, 7) is 7.15. The number of thioether (sulfide) groups is 1. The molecule has 1 aromatic rings. The number of nitrogens with two attached hydrogens (primary N) is 1. The smallest absolute Gasteiger partial charge is 0.410 e. The van der Waals surface area contributed by atoms with Gasteiger partial charge < -0.3 is 15.4 Å². The van der Waals surface area contributed by atoms with Gasteiger partial charge in [0.2, 0.25) is 11.1 Å². The van der Waals surface area contributed by atoms with Gasteiger partial charge in [0.1, 0.15) is 5.60 Å². The number of anilines is 1. The molecule has 0 saturated carbocycles. The van der Waals surface area contributed by atoms with E-state index in [4.69, 9.17) is 10.5 Å². The van der Waals surface area contributed by atoms with Gasteiger partial charge in [-0.1, -0.05) is 11.8 Å². The highest BCUT2D eigenvalue weighted by molar-refractivity contribution is 7.99. The molecule has 2 heterocycles. The summed E-state index contributed by atoms with van der Waals surface area (Å²) >= 11 is 1.60. The second-order valence-electron chi connectivity index (χ2n) is 6.22. The molecule has 21 heavy (non-hydrogen) atoms. The van der Waals surface area contributed by atoms with Crippen molar-refractivity contribution in [2.45, 2.75) is 44.4 Å². The SMILES string of the molecule is CC(C)(C)OC(=O)N1CCC(CSc2n[nH]c(N)n2)CC1. The van der Waals surface area contributed by atoms with Gasteiger partial charge >= 0.3 is 6.09 Å². The fourth-order valence-electron chi connectivity index (χ4n) is 2.12. The quantitative estimate of drug-likeness (QED) is 0.830. The number of nitrogens with one attached hydrogen (secondary N) is 1. The predicted molar refractivity (Wildman–Crippen MR) is 82.1 cm³/mol. The molecule has 1 aliphatic rings. The molecule has 0 spiro atoms. The Kier molecular flexibility index (Phi) is 4.97. The zero-order valence-corrected chi connectivity index (χ0v) is 13.6. The number of ether oxygens (including phenoxy) is 1. The number of aromatic amines is 1. The van der Waals surface area contributed by atoms with Crippen molar-refractivity contribution in [1.82, 2.24) is 20.1 Å². The van der Waals surface area contributed by atoms with Crippen LogP contribution in [0.4, 0.5) is 10.7 Å². The van der Waals surface area contributed by atoms with Crippen LogP contribution < -0.4 is 5.73 Å². The van der Waals surface area contributed by atoms with Crippen molar-refractivity contribution in [1.29, 1.82) is 0 Å². The molecule has 0 aliphatic carbocycles. The van der Waals surface area contributed by atoms with Gasteiger partial charge in [0, 0.05) is 18.8 Å². The number of piperidine rings is 1. The molecule has 1 saturated heterocycles. The van der Waals surface area contributed by atoms with Crippen molar-refractivity contribution in [2.75, 3.05) is 24.6 Å². The molecular formula is C13H23N5O2S. The average molecular weight is 313 g/mol. The maximum atomic E-state index is 12.0. The first kappa shape index (κ1) is 15.9. The number of amides is 1.